The van der Waals surface area contributed by atoms with Crippen LogP contribution in [-0.4, -0.2) is 35.0 Å². The number of fused-ring (bicyclic) bond motifs is 3. The highest BCUT2D eigenvalue weighted by Crippen LogP contribution is 2.46. The van der Waals surface area contributed by atoms with Gasteiger partial charge in [0.05, 0.1) is 12.0 Å². The van der Waals surface area contributed by atoms with Crippen molar-refractivity contribution < 1.29 is 14.3 Å². The molecule has 0 unspecified atom stereocenters. The summed E-state index contributed by atoms with van der Waals surface area (Å²) in [5.74, 6) is 1.90. The molecule has 5 rings (SSSR count). The molecule has 0 saturated carbocycles. The summed E-state index contributed by atoms with van der Waals surface area (Å²) in [5, 5.41) is 0. The van der Waals surface area contributed by atoms with Gasteiger partial charge in [-0.3, -0.25) is 9.69 Å². The zero-order valence-electron chi connectivity index (χ0n) is 17.4. The van der Waals surface area contributed by atoms with E-state index >= 15 is 0 Å². The molecule has 152 valence electrons. The number of likely N-dealkylation sites (tertiary alicyclic amines) is 1. The number of rotatable bonds is 2. The molecule has 0 aliphatic carbocycles. The minimum Gasteiger partial charge on any atom is -0.487 e. The largest absolute Gasteiger partial charge is 0.487 e. The highest BCUT2D eigenvalue weighted by Gasteiger charge is 2.44. The van der Waals surface area contributed by atoms with Gasteiger partial charge in [0.25, 0.3) is 0 Å². The zero-order chi connectivity index (χ0) is 20.1. The van der Waals surface area contributed by atoms with Gasteiger partial charge < -0.3 is 9.47 Å². The molecule has 4 heteroatoms. The fraction of sp³-hybridized carbons (Fsp3) is 0.480. The normalized spacial score (nSPS) is 22.3. The van der Waals surface area contributed by atoms with Gasteiger partial charge in [0, 0.05) is 38.0 Å². The first-order valence-corrected chi connectivity index (χ1v) is 10.8. The Hall–Kier alpha value is -2.33. The van der Waals surface area contributed by atoms with Gasteiger partial charge in [-0.15, -0.1) is 0 Å². The molecule has 0 radical (unpaired) electrons. The van der Waals surface area contributed by atoms with E-state index in [2.05, 4.69) is 49.1 Å². The molecule has 0 amide bonds. The molecule has 2 aromatic carbocycles. The number of Topliss-reactive ketones (excluding diaryl/α,β-unsaturated/α-hetero) is 1. The Morgan fingerprint density at radius 3 is 2.48 bits per heavy atom. The lowest BCUT2D eigenvalue weighted by Gasteiger charge is -2.45. The molecule has 0 N–H and O–H groups in total. The van der Waals surface area contributed by atoms with E-state index in [4.69, 9.17) is 9.47 Å². The van der Waals surface area contributed by atoms with Crippen LogP contribution in [0.5, 0.6) is 11.5 Å². The Morgan fingerprint density at radius 1 is 0.966 bits per heavy atom. The van der Waals surface area contributed by atoms with E-state index in [1.54, 1.807) is 0 Å². The van der Waals surface area contributed by atoms with E-state index in [0.29, 0.717) is 6.42 Å². The van der Waals surface area contributed by atoms with Gasteiger partial charge in [0.1, 0.15) is 22.7 Å². The monoisotopic (exact) mass is 391 g/mol. The Kier molecular flexibility index (Phi) is 4.43. The number of hydrogen-bond acceptors (Lipinski definition) is 4. The van der Waals surface area contributed by atoms with E-state index in [-0.39, 0.29) is 17.0 Å². The summed E-state index contributed by atoms with van der Waals surface area (Å²) in [4.78, 5) is 15.5. The predicted molar refractivity (Wildman–Crippen MR) is 113 cm³/mol. The summed E-state index contributed by atoms with van der Waals surface area (Å²) in [7, 11) is 0. The van der Waals surface area contributed by atoms with Crippen LogP contribution in [0.3, 0.4) is 0 Å². The van der Waals surface area contributed by atoms with Crippen molar-refractivity contribution >= 4 is 5.78 Å². The molecule has 3 heterocycles. The molecule has 3 aliphatic rings. The van der Waals surface area contributed by atoms with Gasteiger partial charge in [0.2, 0.25) is 0 Å². The van der Waals surface area contributed by atoms with Crippen molar-refractivity contribution in [2.75, 3.05) is 13.1 Å². The molecule has 1 saturated heterocycles. The van der Waals surface area contributed by atoms with Crippen molar-refractivity contribution in [3.63, 3.8) is 0 Å². The number of nitrogens with zero attached hydrogens (tertiary/aromatic N) is 1. The van der Waals surface area contributed by atoms with Crippen LogP contribution in [0.4, 0.5) is 0 Å². The van der Waals surface area contributed by atoms with E-state index in [0.717, 1.165) is 67.9 Å². The number of hydrogen-bond donors (Lipinski definition) is 0. The van der Waals surface area contributed by atoms with Gasteiger partial charge >= 0.3 is 0 Å². The maximum atomic E-state index is 13.0. The van der Waals surface area contributed by atoms with Crippen molar-refractivity contribution in [1.82, 2.24) is 4.90 Å². The van der Waals surface area contributed by atoms with Crippen LogP contribution in [-0.2, 0) is 13.0 Å². The number of piperidine rings is 1. The van der Waals surface area contributed by atoms with Crippen LogP contribution in [0.15, 0.2) is 42.5 Å². The van der Waals surface area contributed by atoms with Gasteiger partial charge in [-0.05, 0) is 44.4 Å². The molecule has 0 bridgehead atoms. The molecular weight excluding hydrogens is 362 g/mol. The van der Waals surface area contributed by atoms with Crippen molar-refractivity contribution in [2.24, 2.45) is 0 Å². The number of benzene rings is 2. The lowest BCUT2D eigenvalue weighted by molar-refractivity contribution is -0.0127. The fourth-order valence-corrected chi connectivity index (χ4v) is 4.93. The maximum absolute atomic E-state index is 13.0. The highest BCUT2D eigenvalue weighted by atomic mass is 16.5. The van der Waals surface area contributed by atoms with Crippen LogP contribution >= 0.6 is 0 Å². The van der Waals surface area contributed by atoms with Crippen molar-refractivity contribution in [3.8, 4) is 11.5 Å². The topological polar surface area (TPSA) is 38.8 Å². The quantitative estimate of drug-likeness (QED) is 0.738. The standard InChI is InChI=1S/C25H29NO3/c1-24(2)11-10-20-22(28-24)9-8-19-21(27)16-25(29-23(19)20)12-14-26(15-13-25)17-18-6-4-3-5-7-18/h3-9H,10-17H2,1-2H3. The number of carbonyl (C=O) groups is 1. The molecule has 1 spiro atoms. The Bertz CT molecular complexity index is 927. The Labute approximate surface area is 172 Å². The second-order valence-corrected chi connectivity index (χ2v) is 9.43. The first-order chi connectivity index (χ1) is 13.9. The summed E-state index contributed by atoms with van der Waals surface area (Å²) >= 11 is 0. The lowest BCUT2D eigenvalue weighted by Crippen LogP contribution is -2.51. The molecule has 29 heavy (non-hydrogen) atoms. The first kappa shape index (κ1) is 18.7. The van der Waals surface area contributed by atoms with Gasteiger partial charge in [-0.25, -0.2) is 0 Å². The SMILES string of the molecule is CC1(C)CCc2c(ccc3c2OC2(CCN(Cc4ccccc4)CC2)CC3=O)O1. The summed E-state index contributed by atoms with van der Waals surface area (Å²) in [6.07, 6.45) is 4.10. The summed E-state index contributed by atoms with van der Waals surface area (Å²) in [6.45, 7) is 7.10. The van der Waals surface area contributed by atoms with Crippen molar-refractivity contribution in [2.45, 2.75) is 63.7 Å². The van der Waals surface area contributed by atoms with E-state index in [1.165, 1.54) is 5.56 Å². The van der Waals surface area contributed by atoms with Crippen LogP contribution in [0.2, 0.25) is 0 Å². The van der Waals surface area contributed by atoms with E-state index in [9.17, 15) is 4.79 Å². The summed E-state index contributed by atoms with van der Waals surface area (Å²) in [5.41, 5.74) is 2.63. The summed E-state index contributed by atoms with van der Waals surface area (Å²) < 4.78 is 12.8. The second kappa shape index (κ2) is 6.88. The molecular formula is C25H29NO3. The van der Waals surface area contributed by atoms with E-state index < -0.39 is 0 Å². The van der Waals surface area contributed by atoms with E-state index in [1.807, 2.05) is 12.1 Å². The lowest BCUT2D eigenvalue weighted by atomic mass is 9.81. The first-order valence-electron chi connectivity index (χ1n) is 10.8. The van der Waals surface area contributed by atoms with Gasteiger partial charge in [-0.1, -0.05) is 30.3 Å². The molecule has 0 aromatic heterocycles. The average molecular weight is 392 g/mol. The van der Waals surface area contributed by atoms with Crippen LogP contribution < -0.4 is 9.47 Å². The third-order valence-electron chi connectivity index (χ3n) is 6.70. The van der Waals surface area contributed by atoms with Crippen LogP contribution in [0.25, 0.3) is 0 Å². The molecule has 3 aliphatic heterocycles. The predicted octanol–water partition coefficient (Wildman–Crippen LogP) is 4.79. The van der Waals surface area contributed by atoms with Crippen molar-refractivity contribution in [1.29, 1.82) is 0 Å². The number of ether oxygens (including phenoxy) is 2. The minimum absolute atomic E-state index is 0.166. The average Bonchev–Trinajstić information content (AvgIpc) is 2.69. The molecule has 2 aromatic rings. The molecule has 1 fully saturated rings. The Balaban J connectivity index is 1.35. The number of ketones is 1. The summed E-state index contributed by atoms with van der Waals surface area (Å²) in [6, 6.07) is 14.4. The van der Waals surface area contributed by atoms with Gasteiger partial charge in [0.15, 0.2) is 5.78 Å². The number of carbonyl (C=O) groups excluding carboxylic acids is 1. The van der Waals surface area contributed by atoms with Crippen LogP contribution in [0.1, 0.15) is 61.0 Å². The van der Waals surface area contributed by atoms with Gasteiger partial charge in [-0.2, -0.15) is 0 Å². The third kappa shape index (κ3) is 3.55. The Morgan fingerprint density at radius 2 is 1.72 bits per heavy atom. The highest BCUT2D eigenvalue weighted by molar-refractivity contribution is 6.01. The second-order valence-electron chi connectivity index (χ2n) is 9.43. The third-order valence-corrected chi connectivity index (χ3v) is 6.70. The smallest absolute Gasteiger partial charge is 0.170 e. The fourth-order valence-electron chi connectivity index (χ4n) is 4.93. The minimum atomic E-state index is -0.362. The molecule has 4 nitrogen and oxygen atoms in total. The zero-order valence-corrected chi connectivity index (χ0v) is 17.4. The molecule has 0 atom stereocenters. The maximum Gasteiger partial charge on any atom is 0.170 e. The van der Waals surface area contributed by atoms with Crippen molar-refractivity contribution in [3.05, 3.63) is 59.2 Å². The van der Waals surface area contributed by atoms with Crippen LogP contribution in [0, 0.1) is 0 Å².